The summed E-state index contributed by atoms with van der Waals surface area (Å²) in [5.41, 5.74) is 4.16. The number of benzene rings is 3. The maximum Gasteiger partial charge on any atom is 0.283 e. The molecule has 0 unspecified atom stereocenters. The highest BCUT2D eigenvalue weighted by molar-refractivity contribution is 8.27. The van der Waals surface area contributed by atoms with Crippen LogP contribution in [0.15, 0.2) is 94.5 Å². The van der Waals surface area contributed by atoms with Gasteiger partial charge in [-0.1, -0.05) is 72.3 Å². The van der Waals surface area contributed by atoms with Crippen LogP contribution in [0.1, 0.15) is 22.3 Å². The van der Waals surface area contributed by atoms with E-state index in [9.17, 15) is 4.79 Å². The standard InChI is InChI=1S/C26H20N4O2S/c1-17-7-11-20(12-8-17)25-29-30-23(27)22(24(31)28-26(30)33-25)15-18-9-13-21(14-10-18)32-16-19-5-3-2-4-6-19/h2-15,27H,16H2,1H3/b22-15-,27-23?. The summed E-state index contributed by atoms with van der Waals surface area (Å²) in [6.07, 6.45) is 1.66. The normalized spacial score (nSPS) is 16.5. The molecule has 6 nitrogen and oxygen atoms in total. The number of amides is 1. The second kappa shape index (κ2) is 8.88. The molecule has 0 aliphatic carbocycles. The predicted octanol–water partition coefficient (Wildman–Crippen LogP) is 5.24. The second-order valence-corrected chi connectivity index (χ2v) is 8.59. The molecule has 3 aromatic carbocycles. The van der Waals surface area contributed by atoms with Gasteiger partial charge in [-0.15, -0.1) is 0 Å². The van der Waals surface area contributed by atoms with E-state index in [2.05, 4.69) is 10.1 Å². The molecule has 2 heterocycles. The fourth-order valence-corrected chi connectivity index (χ4v) is 4.27. The Bertz CT molecular complexity index is 1310. The fraction of sp³-hybridized carbons (Fsp3) is 0.0769. The number of hydrazone groups is 1. The quantitative estimate of drug-likeness (QED) is 0.537. The van der Waals surface area contributed by atoms with Crippen LogP contribution in [0.25, 0.3) is 6.08 Å². The van der Waals surface area contributed by atoms with Gasteiger partial charge < -0.3 is 4.74 Å². The third-order valence-electron chi connectivity index (χ3n) is 5.19. The summed E-state index contributed by atoms with van der Waals surface area (Å²) >= 11 is 1.30. The third-order valence-corrected chi connectivity index (χ3v) is 6.15. The molecule has 0 saturated heterocycles. The minimum absolute atomic E-state index is 0.0176. The Morgan fingerprint density at radius 2 is 1.73 bits per heavy atom. The number of hydrogen-bond donors (Lipinski definition) is 1. The SMILES string of the molecule is Cc1ccc(C2=NN3C(=N)/C(=C/c4ccc(OCc5ccccc5)cc4)C(=O)N=C3S2)cc1. The highest BCUT2D eigenvalue weighted by Crippen LogP contribution is 2.31. The Kier molecular flexibility index (Phi) is 5.62. The first-order valence-corrected chi connectivity index (χ1v) is 11.2. The molecule has 0 saturated carbocycles. The van der Waals surface area contributed by atoms with Crippen molar-refractivity contribution in [1.29, 1.82) is 5.41 Å². The monoisotopic (exact) mass is 452 g/mol. The molecule has 5 rings (SSSR count). The Labute approximate surface area is 195 Å². The van der Waals surface area contributed by atoms with Crippen molar-refractivity contribution < 1.29 is 9.53 Å². The molecule has 0 atom stereocenters. The number of rotatable bonds is 5. The number of hydrogen-bond acceptors (Lipinski definition) is 5. The second-order valence-electron chi connectivity index (χ2n) is 7.63. The molecule has 33 heavy (non-hydrogen) atoms. The summed E-state index contributed by atoms with van der Waals surface area (Å²) in [4.78, 5) is 16.8. The molecule has 162 valence electrons. The van der Waals surface area contributed by atoms with E-state index in [1.165, 1.54) is 16.8 Å². The summed E-state index contributed by atoms with van der Waals surface area (Å²) in [6.45, 7) is 2.50. The van der Waals surface area contributed by atoms with Gasteiger partial charge in [0.15, 0.2) is 5.84 Å². The number of fused-ring (bicyclic) bond motifs is 1. The van der Waals surface area contributed by atoms with Gasteiger partial charge in [-0.2, -0.15) is 15.1 Å². The maximum absolute atomic E-state index is 12.7. The smallest absolute Gasteiger partial charge is 0.283 e. The molecule has 0 aromatic heterocycles. The summed E-state index contributed by atoms with van der Waals surface area (Å²) in [6, 6.07) is 25.3. The summed E-state index contributed by atoms with van der Waals surface area (Å²) in [5, 5.41) is 15.6. The van der Waals surface area contributed by atoms with Gasteiger partial charge in [-0.05, 0) is 48.0 Å². The largest absolute Gasteiger partial charge is 0.489 e. The average molecular weight is 453 g/mol. The Morgan fingerprint density at radius 3 is 2.45 bits per heavy atom. The summed E-state index contributed by atoms with van der Waals surface area (Å²) < 4.78 is 5.82. The van der Waals surface area contributed by atoms with Gasteiger partial charge in [0, 0.05) is 5.56 Å². The number of carbonyl (C=O) groups is 1. The third kappa shape index (κ3) is 4.49. The van der Waals surface area contributed by atoms with Gasteiger partial charge >= 0.3 is 0 Å². The van der Waals surface area contributed by atoms with Crippen LogP contribution < -0.4 is 4.74 Å². The van der Waals surface area contributed by atoms with Crippen LogP contribution in [0.4, 0.5) is 0 Å². The molecule has 2 aliphatic heterocycles. The first-order chi connectivity index (χ1) is 16.1. The molecule has 1 amide bonds. The summed E-state index contributed by atoms with van der Waals surface area (Å²) in [7, 11) is 0. The molecule has 2 aliphatic rings. The van der Waals surface area contributed by atoms with Gasteiger partial charge in [-0.3, -0.25) is 10.2 Å². The van der Waals surface area contributed by atoms with Crippen LogP contribution in [0.5, 0.6) is 5.75 Å². The first-order valence-electron chi connectivity index (χ1n) is 10.4. The highest BCUT2D eigenvalue weighted by Gasteiger charge is 2.35. The van der Waals surface area contributed by atoms with E-state index >= 15 is 0 Å². The number of amidine groups is 2. The maximum atomic E-state index is 12.7. The van der Waals surface area contributed by atoms with E-state index in [-0.39, 0.29) is 11.4 Å². The highest BCUT2D eigenvalue weighted by atomic mass is 32.2. The molecular weight excluding hydrogens is 432 g/mol. The van der Waals surface area contributed by atoms with Crippen LogP contribution in [0.2, 0.25) is 0 Å². The van der Waals surface area contributed by atoms with Crippen molar-refractivity contribution in [3.63, 3.8) is 0 Å². The van der Waals surface area contributed by atoms with Gasteiger partial charge in [0.2, 0.25) is 5.17 Å². The van der Waals surface area contributed by atoms with E-state index < -0.39 is 5.91 Å². The molecule has 0 radical (unpaired) electrons. The van der Waals surface area contributed by atoms with E-state index in [0.29, 0.717) is 16.8 Å². The predicted molar refractivity (Wildman–Crippen MR) is 133 cm³/mol. The van der Waals surface area contributed by atoms with Gasteiger partial charge in [-0.25, -0.2) is 0 Å². The molecule has 7 heteroatoms. The number of carbonyl (C=O) groups excluding carboxylic acids is 1. The van der Waals surface area contributed by atoms with Crippen molar-refractivity contribution in [1.82, 2.24) is 5.01 Å². The van der Waals surface area contributed by atoms with Crippen LogP contribution in [-0.4, -0.2) is 27.0 Å². The average Bonchev–Trinajstić information content (AvgIpc) is 3.26. The summed E-state index contributed by atoms with van der Waals surface area (Å²) in [5.74, 6) is 0.308. The number of ether oxygens (including phenoxy) is 1. The minimum atomic E-state index is -0.441. The van der Waals surface area contributed by atoms with E-state index in [0.717, 1.165) is 28.0 Å². The number of aryl methyl sites for hydroxylation is 1. The van der Waals surface area contributed by atoms with Crippen molar-refractivity contribution in [2.45, 2.75) is 13.5 Å². The zero-order valence-corrected chi connectivity index (χ0v) is 18.7. The minimum Gasteiger partial charge on any atom is -0.489 e. The van der Waals surface area contributed by atoms with E-state index in [4.69, 9.17) is 10.1 Å². The van der Waals surface area contributed by atoms with Crippen molar-refractivity contribution in [3.8, 4) is 5.75 Å². The lowest BCUT2D eigenvalue weighted by atomic mass is 10.1. The van der Waals surface area contributed by atoms with Crippen LogP contribution in [0, 0.1) is 12.3 Å². The number of thioether (sulfide) groups is 1. The topological polar surface area (TPSA) is 78.1 Å². The number of nitrogens with one attached hydrogen (secondary N) is 1. The van der Waals surface area contributed by atoms with Crippen LogP contribution in [0.3, 0.4) is 0 Å². The van der Waals surface area contributed by atoms with Crippen molar-refractivity contribution in [3.05, 3.63) is 107 Å². The zero-order valence-electron chi connectivity index (χ0n) is 17.9. The Morgan fingerprint density at radius 1 is 1.00 bits per heavy atom. The molecule has 3 aromatic rings. The van der Waals surface area contributed by atoms with Gasteiger partial charge in [0.25, 0.3) is 5.91 Å². The lowest BCUT2D eigenvalue weighted by molar-refractivity contribution is -0.114. The Hall–Kier alpha value is -3.97. The Balaban J connectivity index is 1.32. The van der Waals surface area contributed by atoms with Crippen molar-refractivity contribution in [2.24, 2.45) is 10.1 Å². The zero-order chi connectivity index (χ0) is 22.8. The lowest BCUT2D eigenvalue weighted by Gasteiger charge is -2.20. The van der Waals surface area contributed by atoms with Crippen LogP contribution >= 0.6 is 11.8 Å². The fourth-order valence-electron chi connectivity index (χ4n) is 3.37. The van der Waals surface area contributed by atoms with Crippen molar-refractivity contribution in [2.75, 3.05) is 0 Å². The van der Waals surface area contributed by atoms with Gasteiger partial charge in [0.1, 0.15) is 17.4 Å². The van der Waals surface area contributed by atoms with Crippen LogP contribution in [-0.2, 0) is 11.4 Å². The van der Waals surface area contributed by atoms with E-state index in [1.807, 2.05) is 85.8 Å². The van der Waals surface area contributed by atoms with Gasteiger partial charge in [0.05, 0.1) is 5.57 Å². The first kappa shape index (κ1) is 20.9. The molecular formula is C26H20N4O2S. The molecule has 0 fully saturated rings. The van der Waals surface area contributed by atoms with Crippen molar-refractivity contribution >= 4 is 39.8 Å². The van der Waals surface area contributed by atoms with E-state index in [1.54, 1.807) is 6.08 Å². The molecule has 0 bridgehead atoms. The lowest BCUT2D eigenvalue weighted by Crippen LogP contribution is -2.35. The molecule has 0 spiro atoms. The number of aliphatic imine (C=N–C) groups is 1. The molecule has 1 N–H and O–H groups in total. The number of nitrogens with zero attached hydrogens (tertiary/aromatic N) is 3.